The van der Waals surface area contributed by atoms with Crippen LogP contribution >= 0.6 is 11.6 Å². The Hall–Kier alpha value is -2.05. The maximum Gasteiger partial charge on any atom is 0.231 e. The van der Waals surface area contributed by atoms with Crippen molar-refractivity contribution >= 4 is 11.6 Å². The van der Waals surface area contributed by atoms with Crippen molar-refractivity contribution in [1.29, 1.82) is 5.26 Å². The normalized spacial score (nSPS) is 10.1. The maximum atomic E-state index is 8.99. The van der Waals surface area contributed by atoms with Crippen molar-refractivity contribution in [2.45, 2.75) is 19.8 Å². The highest BCUT2D eigenvalue weighted by Gasteiger charge is 2.05. The molecule has 1 aromatic carbocycles. The number of hydrogen-bond acceptors (Lipinski definition) is 3. The van der Waals surface area contributed by atoms with Gasteiger partial charge in [-0.3, -0.25) is 0 Å². The van der Waals surface area contributed by atoms with Crippen molar-refractivity contribution in [1.82, 2.24) is 4.98 Å². The highest BCUT2D eigenvalue weighted by Crippen LogP contribution is 2.16. The Kier molecular flexibility index (Phi) is 4.97. The van der Waals surface area contributed by atoms with Crippen LogP contribution in [0.3, 0.4) is 0 Å². The second-order valence-corrected chi connectivity index (χ2v) is 4.94. The smallest absolute Gasteiger partial charge is 0.231 e. The molecular formula is C16H15ClN2O. The van der Waals surface area contributed by atoms with Gasteiger partial charge in [0.15, 0.2) is 0 Å². The molecule has 0 bridgehead atoms. The molecule has 0 fully saturated rings. The third-order valence-corrected chi connectivity index (χ3v) is 3.09. The van der Waals surface area contributed by atoms with Crippen LogP contribution in [0.4, 0.5) is 0 Å². The first-order valence-electron chi connectivity index (χ1n) is 6.44. The third-order valence-electron chi connectivity index (χ3n) is 2.86. The number of halogens is 1. The first kappa shape index (κ1) is 14.4. The quantitative estimate of drug-likeness (QED) is 0.783. The van der Waals surface area contributed by atoms with Crippen LogP contribution in [0.1, 0.15) is 23.2 Å². The van der Waals surface area contributed by atoms with E-state index in [0.717, 1.165) is 23.6 Å². The monoisotopic (exact) mass is 286 g/mol. The van der Waals surface area contributed by atoms with Gasteiger partial charge in [0.25, 0.3) is 0 Å². The van der Waals surface area contributed by atoms with Crippen LogP contribution in [-0.2, 0) is 6.42 Å². The van der Waals surface area contributed by atoms with Gasteiger partial charge in [0.05, 0.1) is 6.61 Å². The predicted molar refractivity (Wildman–Crippen MR) is 79.0 cm³/mol. The zero-order valence-corrected chi connectivity index (χ0v) is 12.0. The summed E-state index contributed by atoms with van der Waals surface area (Å²) in [6.45, 7) is 2.40. The Morgan fingerprint density at radius 3 is 2.90 bits per heavy atom. The van der Waals surface area contributed by atoms with Gasteiger partial charge in [-0.15, -0.1) is 0 Å². The van der Waals surface area contributed by atoms with Gasteiger partial charge in [-0.05, 0) is 49.6 Å². The number of nitrogens with zero attached hydrogens (tertiary/aromatic N) is 2. The highest BCUT2D eigenvalue weighted by molar-refractivity contribution is 6.30. The maximum absolute atomic E-state index is 8.99. The minimum absolute atomic E-state index is 0.415. The molecule has 1 heterocycles. The first-order valence-corrected chi connectivity index (χ1v) is 6.82. The fourth-order valence-corrected chi connectivity index (χ4v) is 2.08. The molecule has 0 saturated heterocycles. The average Bonchev–Trinajstić information content (AvgIpc) is 2.44. The van der Waals surface area contributed by atoms with E-state index in [1.807, 2.05) is 31.2 Å². The molecule has 0 amide bonds. The van der Waals surface area contributed by atoms with E-state index in [1.165, 1.54) is 5.56 Å². The van der Waals surface area contributed by atoms with Crippen molar-refractivity contribution in [3.8, 4) is 11.9 Å². The van der Waals surface area contributed by atoms with Crippen molar-refractivity contribution in [3.05, 3.63) is 58.2 Å². The molecule has 0 unspecified atom stereocenters. The van der Waals surface area contributed by atoms with Crippen LogP contribution in [0.25, 0.3) is 0 Å². The van der Waals surface area contributed by atoms with Crippen molar-refractivity contribution < 1.29 is 4.74 Å². The number of hydrogen-bond donors (Lipinski definition) is 0. The molecule has 0 N–H and O–H groups in total. The summed E-state index contributed by atoms with van der Waals surface area (Å²) in [5.41, 5.74) is 2.49. The summed E-state index contributed by atoms with van der Waals surface area (Å²) < 4.78 is 5.59. The van der Waals surface area contributed by atoms with Crippen LogP contribution in [0.2, 0.25) is 5.02 Å². The lowest BCUT2D eigenvalue weighted by Crippen LogP contribution is -2.03. The van der Waals surface area contributed by atoms with E-state index in [9.17, 15) is 0 Å². The Bertz CT molecular complexity index is 635. The molecule has 102 valence electrons. The molecule has 0 saturated carbocycles. The molecule has 0 aliphatic carbocycles. The minimum Gasteiger partial charge on any atom is -0.477 e. The number of aromatic nitrogens is 1. The molecule has 2 rings (SSSR count). The van der Waals surface area contributed by atoms with Crippen molar-refractivity contribution in [3.63, 3.8) is 0 Å². The second-order valence-electron chi connectivity index (χ2n) is 4.50. The first-order chi connectivity index (χ1) is 9.69. The number of rotatable bonds is 5. The summed E-state index contributed by atoms with van der Waals surface area (Å²) in [6, 6.07) is 13.4. The van der Waals surface area contributed by atoms with Gasteiger partial charge in [0.2, 0.25) is 5.88 Å². The molecule has 0 aliphatic heterocycles. The molecule has 1 aromatic heterocycles. The zero-order valence-electron chi connectivity index (χ0n) is 11.3. The lowest BCUT2D eigenvalue weighted by molar-refractivity contribution is 0.298. The van der Waals surface area contributed by atoms with Crippen molar-refractivity contribution in [2.75, 3.05) is 6.61 Å². The van der Waals surface area contributed by atoms with Crippen LogP contribution in [0.5, 0.6) is 5.88 Å². The molecule has 4 heteroatoms. The van der Waals surface area contributed by atoms with Gasteiger partial charge in [0.1, 0.15) is 11.6 Å². The Labute approximate surface area is 123 Å². The zero-order chi connectivity index (χ0) is 14.4. The standard InChI is InChI=1S/C16H15ClN2O/c1-12-7-8-14(11-18)16(19-12)20-9-3-5-13-4-2-6-15(17)10-13/h2,4,6-8,10H,3,5,9H2,1H3. The van der Waals surface area contributed by atoms with Crippen molar-refractivity contribution in [2.24, 2.45) is 0 Å². The van der Waals surface area contributed by atoms with Gasteiger partial charge in [-0.25, -0.2) is 4.98 Å². The van der Waals surface area contributed by atoms with Crippen LogP contribution in [-0.4, -0.2) is 11.6 Å². The topological polar surface area (TPSA) is 45.9 Å². The summed E-state index contributed by atoms with van der Waals surface area (Å²) in [5, 5.41) is 9.74. The SMILES string of the molecule is Cc1ccc(C#N)c(OCCCc2cccc(Cl)c2)n1. The van der Waals surface area contributed by atoms with E-state index in [4.69, 9.17) is 21.6 Å². The molecule has 2 aromatic rings. The largest absolute Gasteiger partial charge is 0.477 e. The minimum atomic E-state index is 0.415. The molecule has 0 spiro atoms. The third kappa shape index (κ3) is 3.97. The lowest BCUT2D eigenvalue weighted by Gasteiger charge is -2.07. The fourth-order valence-electron chi connectivity index (χ4n) is 1.87. The molecule has 0 aliphatic rings. The summed E-state index contributed by atoms with van der Waals surface area (Å²) >= 11 is 5.93. The molecular weight excluding hydrogens is 272 g/mol. The lowest BCUT2D eigenvalue weighted by atomic mass is 10.1. The Balaban J connectivity index is 1.87. The van der Waals surface area contributed by atoms with Gasteiger partial charge in [-0.2, -0.15) is 5.26 Å². The number of pyridine rings is 1. The van der Waals surface area contributed by atoms with E-state index >= 15 is 0 Å². The molecule has 0 radical (unpaired) electrons. The predicted octanol–water partition coefficient (Wildman–Crippen LogP) is 3.93. The Morgan fingerprint density at radius 1 is 1.30 bits per heavy atom. The number of nitriles is 1. The van der Waals surface area contributed by atoms with Gasteiger partial charge in [-0.1, -0.05) is 23.7 Å². The molecule has 20 heavy (non-hydrogen) atoms. The van der Waals surface area contributed by atoms with E-state index in [1.54, 1.807) is 12.1 Å². The summed E-state index contributed by atoms with van der Waals surface area (Å²) in [5.74, 6) is 0.415. The van der Waals surface area contributed by atoms with Crippen LogP contribution < -0.4 is 4.74 Å². The summed E-state index contributed by atoms with van der Waals surface area (Å²) in [4.78, 5) is 4.24. The number of benzene rings is 1. The highest BCUT2D eigenvalue weighted by atomic mass is 35.5. The van der Waals surface area contributed by atoms with E-state index in [0.29, 0.717) is 18.1 Å². The van der Waals surface area contributed by atoms with E-state index in [-0.39, 0.29) is 0 Å². The molecule has 0 atom stereocenters. The summed E-state index contributed by atoms with van der Waals surface area (Å²) in [6.07, 6.45) is 1.73. The van der Waals surface area contributed by atoms with Crippen LogP contribution in [0, 0.1) is 18.3 Å². The van der Waals surface area contributed by atoms with Gasteiger partial charge in [0, 0.05) is 10.7 Å². The number of ether oxygens (including phenoxy) is 1. The molecule has 3 nitrogen and oxygen atoms in total. The van der Waals surface area contributed by atoms with Gasteiger partial charge >= 0.3 is 0 Å². The van der Waals surface area contributed by atoms with E-state index in [2.05, 4.69) is 11.1 Å². The van der Waals surface area contributed by atoms with Gasteiger partial charge < -0.3 is 4.74 Å². The van der Waals surface area contributed by atoms with Crippen LogP contribution in [0.15, 0.2) is 36.4 Å². The summed E-state index contributed by atoms with van der Waals surface area (Å²) in [7, 11) is 0. The Morgan fingerprint density at radius 2 is 2.15 bits per heavy atom. The average molecular weight is 287 g/mol. The second kappa shape index (κ2) is 6.93. The number of aryl methyl sites for hydroxylation is 2. The fraction of sp³-hybridized carbons (Fsp3) is 0.250. The van der Waals surface area contributed by atoms with E-state index < -0.39 is 0 Å².